The molecule has 0 heterocycles. The van der Waals surface area contributed by atoms with Crippen molar-refractivity contribution < 1.29 is 0 Å². The molecule has 0 aromatic carbocycles. The monoisotopic (exact) mass is 241 g/mol. The molecule has 1 nitrogen and oxygen atoms in total. The number of hydrogen-bond acceptors (Lipinski definition) is 1. The molecular formula is C16H35N. The molecule has 0 bridgehead atoms. The number of rotatable bonds is 6. The largest absolute Gasteiger partial charge is 0.303 e. The van der Waals surface area contributed by atoms with Crippen LogP contribution in [0.4, 0.5) is 0 Å². The van der Waals surface area contributed by atoms with E-state index in [4.69, 9.17) is 0 Å². The molecule has 0 aliphatic heterocycles. The van der Waals surface area contributed by atoms with Gasteiger partial charge in [0.05, 0.1) is 0 Å². The Morgan fingerprint density at radius 3 is 1.82 bits per heavy atom. The standard InChI is InChI=1S/C16H35N/c1-9-10-11-12-17(8)14(16(5,6)7)13-15(2,3)4/h14H,9-13H2,1-8H3. The summed E-state index contributed by atoms with van der Waals surface area (Å²) in [5.41, 5.74) is 0.783. The van der Waals surface area contributed by atoms with E-state index in [9.17, 15) is 0 Å². The molecule has 0 amide bonds. The van der Waals surface area contributed by atoms with Crippen molar-refractivity contribution in [2.24, 2.45) is 10.8 Å². The normalized spacial score (nSPS) is 15.4. The number of hydrogen-bond donors (Lipinski definition) is 0. The van der Waals surface area contributed by atoms with Crippen LogP contribution in [0.15, 0.2) is 0 Å². The lowest BCUT2D eigenvalue weighted by Gasteiger charge is -2.41. The van der Waals surface area contributed by atoms with Gasteiger partial charge in [0, 0.05) is 6.04 Å². The van der Waals surface area contributed by atoms with Crippen molar-refractivity contribution in [2.45, 2.75) is 80.2 Å². The Morgan fingerprint density at radius 1 is 0.941 bits per heavy atom. The third-order valence-electron chi connectivity index (χ3n) is 3.45. The average Bonchev–Trinajstić information content (AvgIpc) is 2.11. The van der Waals surface area contributed by atoms with Gasteiger partial charge in [-0.25, -0.2) is 0 Å². The second-order valence-corrected chi connectivity index (χ2v) is 7.83. The Hall–Kier alpha value is -0.0400. The van der Waals surface area contributed by atoms with Crippen molar-refractivity contribution in [3.8, 4) is 0 Å². The molecule has 1 heteroatoms. The quantitative estimate of drug-likeness (QED) is 0.594. The Kier molecular flexibility index (Phi) is 6.76. The van der Waals surface area contributed by atoms with Crippen LogP contribution in [0.3, 0.4) is 0 Å². The molecule has 0 rings (SSSR count). The van der Waals surface area contributed by atoms with Crippen LogP contribution in [0.1, 0.15) is 74.1 Å². The Labute approximate surface area is 110 Å². The predicted molar refractivity (Wildman–Crippen MR) is 79.5 cm³/mol. The van der Waals surface area contributed by atoms with E-state index < -0.39 is 0 Å². The highest BCUT2D eigenvalue weighted by molar-refractivity contribution is 4.85. The van der Waals surface area contributed by atoms with E-state index in [1.807, 2.05) is 0 Å². The van der Waals surface area contributed by atoms with Gasteiger partial charge in [0.15, 0.2) is 0 Å². The van der Waals surface area contributed by atoms with Gasteiger partial charge in [0.25, 0.3) is 0 Å². The first kappa shape index (κ1) is 17.0. The van der Waals surface area contributed by atoms with Gasteiger partial charge >= 0.3 is 0 Å². The van der Waals surface area contributed by atoms with Crippen molar-refractivity contribution in [2.75, 3.05) is 13.6 Å². The van der Waals surface area contributed by atoms with Crippen LogP contribution in [0.25, 0.3) is 0 Å². The maximum atomic E-state index is 2.58. The van der Waals surface area contributed by atoms with Gasteiger partial charge in [0.2, 0.25) is 0 Å². The van der Waals surface area contributed by atoms with Crippen LogP contribution in [0.5, 0.6) is 0 Å². The minimum atomic E-state index is 0.369. The zero-order chi connectivity index (χ0) is 13.7. The SMILES string of the molecule is CCCCCN(C)C(CC(C)(C)C)C(C)(C)C. The third-order valence-corrected chi connectivity index (χ3v) is 3.45. The molecule has 0 saturated heterocycles. The first-order valence-corrected chi connectivity index (χ1v) is 7.28. The van der Waals surface area contributed by atoms with Crippen LogP contribution >= 0.6 is 0 Å². The fraction of sp³-hybridized carbons (Fsp3) is 1.00. The number of unbranched alkanes of at least 4 members (excludes halogenated alkanes) is 2. The van der Waals surface area contributed by atoms with Crippen LogP contribution in [-0.2, 0) is 0 Å². The molecule has 0 aliphatic carbocycles. The van der Waals surface area contributed by atoms with Gasteiger partial charge in [-0.05, 0) is 37.3 Å². The van der Waals surface area contributed by atoms with Gasteiger partial charge in [-0.15, -0.1) is 0 Å². The van der Waals surface area contributed by atoms with E-state index in [2.05, 4.69) is 60.4 Å². The predicted octanol–water partition coefficient (Wildman–Crippen LogP) is 4.96. The highest BCUT2D eigenvalue weighted by Crippen LogP contribution is 2.33. The molecule has 0 N–H and O–H groups in total. The highest BCUT2D eigenvalue weighted by atomic mass is 15.1. The van der Waals surface area contributed by atoms with E-state index in [1.165, 1.54) is 32.2 Å². The molecule has 0 fully saturated rings. The number of nitrogens with zero attached hydrogens (tertiary/aromatic N) is 1. The maximum absolute atomic E-state index is 2.58. The highest BCUT2D eigenvalue weighted by Gasteiger charge is 2.31. The fourth-order valence-electron chi connectivity index (χ4n) is 2.47. The van der Waals surface area contributed by atoms with Crippen molar-refractivity contribution in [1.82, 2.24) is 4.90 Å². The summed E-state index contributed by atoms with van der Waals surface area (Å²) in [4.78, 5) is 2.58. The smallest absolute Gasteiger partial charge is 0.0146 e. The molecule has 17 heavy (non-hydrogen) atoms. The lowest BCUT2D eigenvalue weighted by molar-refractivity contribution is 0.0835. The van der Waals surface area contributed by atoms with Crippen LogP contribution in [-0.4, -0.2) is 24.5 Å². The topological polar surface area (TPSA) is 3.24 Å². The van der Waals surface area contributed by atoms with Crippen LogP contribution < -0.4 is 0 Å². The van der Waals surface area contributed by atoms with E-state index in [0.29, 0.717) is 16.9 Å². The molecule has 0 radical (unpaired) electrons. The van der Waals surface area contributed by atoms with E-state index in [0.717, 1.165) is 0 Å². The molecule has 0 saturated carbocycles. The maximum Gasteiger partial charge on any atom is 0.0146 e. The molecule has 0 aliphatic rings. The van der Waals surface area contributed by atoms with Crippen molar-refractivity contribution in [3.63, 3.8) is 0 Å². The molecule has 1 unspecified atom stereocenters. The summed E-state index contributed by atoms with van der Waals surface area (Å²) in [6, 6.07) is 0.680. The first-order chi connectivity index (χ1) is 7.58. The second kappa shape index (κ2) is 6.78. The van der Waals surface area contributed by atoms with Crippen LogP contribution in [0, 0.1) is 10.8 Å². The first-order valence-electron chi connectivity index (χ1n) is 7.28. The van der Waals surface area contributed by atoms with E-state index >= 15 is 0 Å². The third kappa shape index (κ3) is 7.81. The molecular weight excluding hydrogens is 206 g/mol. The van der Waals surface area contributed by atoms with Gasteiger partial charge in [-0.3, -0.25) is 0 Å². The van der Waals surface area contributed by atoms with Gasteiger partial charge in [-0.1, -0.05) is 61.3 Å². The molecule has 1 atom stereocenters. The summed E-state index contributed by atoms with van der Waals surface area (Å²) in [7, 11) is 2.30. The molecule has 0 spiro atoms. The summed E-state index contributed by atoms with van der Waals surface area (Å²) < 4.78 is 0. The Balaban J connectivity index is 4.47. The Morgan fingerprint density at radius 2 is 1.47 bits per heavy atom. The van der Waals surface area contributed by atoms with E-state index in [1.54, 1.807) is 0 Å². The average molecular weight is 241 g/mol. The van der Waals surface area contributed by atoms with Gasteiger partial charge in [-0.2, -0.15) is 0 Å². The minimum absolute atomic E-state index is 0.369. The second-order valence-electron chi connectivity index (χ2n) is 7.83. The Bertz CT molecular complexity index is 195. The van der Waals surface area contributed by atoms with Crippen molar-refractivity contribution in [3.05, 3.63) is 0 Å². The summed E-state index contributed by atoms with van der Waals surface area (Å²) in [5.74, 6) is 0. The van der Waals surface area contributed by atoms with Gasteiger partial charge < -0.3 is 4.90 Å². The van der Waals surface area contributed by atoms with Crippen LogP contribution in [0.2, 0.25) is 0 Å². The molecule has 0 aromatic heterocycles. The molecule has 0 aromatic rings. The fourth-order valence-corrected chi connectivity index (χ4v) is 2.47. The van der Waals surface area contributed by atoms with Gasteiger partial charge in [0.1, 0.15) is 0 Å². The molecule has 104 valence electrons. The summed E-state index contributed by atoms with van der Waals surface area (Å²) >= 11 is 0. The van der Waals surface area contributed by atoms with Crippen molar-refractivity contribution in [1.29, 1.82) is 0 Å². The lowest BCUT2D eigenvalue weighted by atomic mass is 9.76. The lowest BCUT2D eigenvalue weighted by Crippen LogP contribution is -2.44. The van der Waals surface area contributed by atoms with Crippen molar-refractivity contribution >= 4 is 0 Å². The summed E-state index contributed by atoms with van der Waals surface area (Å²) in [6.45, 7) is 17.7. The summed E-state index contributed by atoms with van der Waals surface area (Å²) in [5, 5.41) is 0. The van der Waals surface area contributed by atoms with E-state index in [-0.39, 0.29) is 0 Å². The summed E-state index contributed by atoms with van der Waals surface area (Å²) in [6.07, 6.45) is 5.28. The zero-order valence-electron chi connectivity index (χ0n) is 13.6. The zero-order valence-corrected chi connectivity index (χ0v) is 13.6. The minimum Gasteiger partial charge on any atom is -0.303 e.